The Morgan fingerprint density at radius 3 is 2.50 bits per heavy atom. The summed E-state index contributed by atoms with van der Waals surface area (Å²) in [7, 11) is 1.69. The van der Waals surface area contributed by atoms with Crippen LogP contribution in [0.4, 0.5) is 0 Å². The van der Waals surface area contributed by atoms with Crippen LogP contribution >= 0.6 is 11.6 Å². The van der Waals surface area contributed by atoms with Crippen LogP contribution in [-0.2, 0) is 6.42 Å². The van der Waals surface area contributed by atoms with E-state index in [1.807, 2.05) is 13.0 Å². The number of nitrogens with two attached hydrogens (primary N) is 1. The van der Waals surface area contributed by atoms with Crippen molar-refractivity contribution in [1.29, 1.82) is 0 Å². The number of halogens is 1. The van der Waals surface area contributed by atoms with E-state index in [0.717, 1.165) is 35.6 Å². The van der Waals surface area contributed by atoms with Crippen molar-refractivity contribution in [3.63, 3.8) is 0 Å². The van der Waals surface area contributed by atoms with E-state index in [9.17, 15) is 0 Å². The van der Waals surface area contributed by atoms with Crippen LogP contribution in [0, 0.1) is 13.8 Å². The number of methoxy groups -OCH3 is 1. The number of hydrogen-bond acceptors (Lipinski definition) is 2. The smallest absolute Gasteiger partial charge is 0.126 e. The molecule has 0 spiro atoms. The van der Waals surface area contributed by atoms with Gasteiger partial charge in [0.1, 0.15) is 5.75 Å². The number of ether oxygens (including phenoxy) is 1. The summed E-state index contributed by atoms with van der Waals surface area (Å²) in [4.78, 5) is 0. The molecule has 16 heavy (non-hydrogen) atoms. The molecular formula is C13H18ClNO. The second kappa shape index (κ2) is 3.94. The molecule has 2 rings (SSSR count). The van der Waals surface area contributed by atoms with Gasteiger partial charge >= 0.3 is 0 Å². The van der Waals surface area contributed by atoms with E-state index in [0.29, 0.717) is 0 Å². The summed E-state index contributed by atoms with van der Waals surface area (Å²) in [6.07, 6.45) is 3.12. The van der Waals surface area contributed by atoms with Crippen LogP contribution in [0.2, 0.25) is 5.02 Å². The van der Waals surface area contributed by atoms with Gasteiger partial charge in [0.15, 0.2) is 0 Å². The quantitative estimate of drug-likeness (QED) is 0.880. The van der Waals surface area contributed by atoms with E-state index >= 15 is 0 Å². The normalized spacial score (nSPS) is 17.3. The minimum absolute atomic E-state index is 0.00829. The molecule has 3 heteroatoms. The van der Waals surface area contributed by atoms with Crippen molar-refractivity contribution in [3.8, 4) is 5.75 Å². The third-order valence-electron chi connectivity index (χ3n) is 3.46. The lowest BCUT2D eigenvalue weighted by atomic mass is 9.97. The Morgan fingerprint density at radius 1 is 1.38 bits per heavy atom. The van der Waals surface area contributed by atoms with Gasteiger partial charge in [-0.05, 0) is 50.3 Å². The Morgan fingerprint density at radius 2 is 2.00 bits per heavy atom. The lowest BCUT2D eigenvalue weighted by Crippen LogP contribution is -2.25. The van der Waals surface area contributed by atoms with Crippen molar-refractivity contribution < 1.29 is 4.74 Å². The predicted octanol–water partition coefficient (Wildman–Crippen LogP) is 3.00. The Kier molecular flexibility index (Phi) is 2.89. The van der Waals surface area contributed by atoms with Crippen molar-refractivity contribution in [2.24, 2.45) is 5.73 Å². The van der Waals surface area contributed by atoms with E-state index in [2.05, 4.69) is 6.92 Å². The summed E-state index contributed by atoms with van der Waals surface area (Å²) in [6, 6.07) is 2.03. The molecular weight excluding hydrogens is 222 g/mol. The lowest BCUT2D eigenvalue weighted by Gasteiger charge is -2.17. The monoisotopic (exact) mass is 239 g/mol. The van der Waals surface area contributed by atoms with E-state index < -0.39 is 0 Å². The maximum atomic E-state index is 6.20. The van der Waals surface area contributed by atoms with Gasteiger partial charge in [-0.15, -0.1) is 0 Å². The number of hydrogen-bond donors (Lipinski definition) is 1. The molecule has 0 bridgehead atoms. The first-order valence-corrected chi connectivity index (χ1v) is 5.96. The van der Waals surface area contributed by atoms with Gasteiger partial charge < -0.3 is 10.5 Å². The maximum Gasteiger partial charge on any atom is 0.126 e. The molecule has 0 radical (unpaired) electrons. The molecule has 2 N–H and O–H groups in total. The second-order valence-corrected chi connectivity index (χ2v) is 5.25. The molecule has 1 aliphatic carbocycles. The van der Waals surface area contributed by atoms with Crippen LogP contribution in [0.1, 0.15) is 29.5 Å². The largest absolute Gasteiger partial charge is 0.496 e. The van der Waals surface area contributed by atoms with E-state index in [-0.39, 0.29) is 5.54 Å². The summed E-state index contributed by atoms with van der Waals surface area (Å²) in [5, 5.41) is 0.765. The minimum atomic E-state index is 0.00829. The van der Waals surface area contributed by atoms with Crippen LogP contribution < -0.4 is 10.5 Å². The van der Waals surface area contributed by atoms with Gasteiger partial charge in [0.25, 0.3) is 0 Å². The number of benzene rings is 1. The zero-order valence-corrected chi connectivity index (χ0v) is 10.8. The molecule has 0 saturated heterocycles. The van der Waals surface area contributed by atoms with Gasteiger partial charge in [0, 0.05) is 16.1 Å². The van der Waals surface area contributed by atoms with Crippen molar-refractivity contribution >= 4 is 11.6 Å². The summed E-state index contributed by atoms with van der Waals surface area (Å²) in [6.45, 7) is 4.05. The van der Waals surface area contributed by atoms with Crippen LogP contribution in [0.5, 0.6) is 5.75 Å². The SMILES string of the molecule is COc1c(C)c(Cl)cc(CC2(N)CC2)c1C. The highest BCUT2D eigenvalue weighted by Gasteiger charge is 2.38. The molecule has 2 nitrogen and oxygen atoms in total. The molecule has 1 aromatic rings. The zero-order chi connectivity index (χ0) is 11.9. The van der Waals surface area contributed by atoms with Crippen LogP contribution in [0.15, 0.2) is 6.07 Å². The molecule has 1 aliphatic rings. The van der Waals surface area contributed by atoms with Crippen molar-refractivity contribution in [2.75, 3.05) is 7.11 Å². The van der Waals surface area contributed by atoms with Gasteiger partial charge in [0.2, 0.25) is 0 Å². The highest BCUT2D eigenvalue weighted by Crippen LogP contribution is 2.39. The van der Waals surface area contributed by atoms with Gasteiger partial charge in [-0.2, -0.15) is 0 Å². The molecule has 1 saturated carbocycles. The van der Waals surface area contributed by atoms with Gasteiger partial charge in [0.05, 0.1) is 7.11 Å². The Hall–Kier alpha value is -0.730. The summed E-state index contributed by atoms with van der Waals surface area (Å²) < 4.78 is 5.41. The Balaban J connectivity index is 2.41. The highest BCUT2D eigenvalue weighted by atomic mass is 35.5. The van der Waals surface area contributed by atoms with E-state index in [4.69, 9.17) is 22.1 Å². The standard InChI is InChI=1S/C13H18ClNO/c1-8-10(7-13(15)4-5-13)6-11(14)9(2)12(8)16-3/h6H,4-5,7,15H2,1-3H3. The maximum absolute atomic E-state index is 6.20. The third kappa shape index (κ3) is 2.04. The fourth-order valence-electron chi connectivity index (χ4n) is 2.11. The van der Waals surface area contributed by atoms with Gasteiger partial charge in [-0.1, -0.05) is 11.6 Å². The van der Waals surface area contributed by atoms with E-state index in [1.165, 1.54) is 11.1 Å². The number of rotatable bonds is 3. The zero-order valence-electron chi connectivity index (χ0n) is 10.1. The summed E-state index contributed by atoms with van der Waals surface area (Å²) in [5.41, 5.74) is 9.54. The van der Waals surface area contributed by atoms with Crippen LogP contribution in [0.3, 0.4) is 0 Å². The minimum Gasteiger partial charge on any atom is -0.496 e. The lowest BCUT2D eigenvalue weighted by molar-refractivity contribution is 0.407. The third-order valence-corrected chi connectivity index (χ3v) is 3.85. The summed E-state index contributed by atoms with van der Waals surface area (Å²) in [5.74, 6) is 0.895. The first-order valence-electron chi connectivity index (χ1n) is 5.58. The summed E-state index contributed by atoms with van der Waals surface area (Å²) >= 11 is 6.20. The first-order chi connectivity index (χ1) is 7.47. The molecule has 0 amide bonds. The fourth-order valence-corrected chi connectivity index (χ4v) is 2.33. The fraction of sp³-hybridized carbons (Fsp3) is 0.538. The predicted molar refractivity (Wildman–Crippen MR) is 67.3 cm³/mol. The molecule has 88 valence electrons. The first kappa shape index (κ1) is 11.7. The van der Waals surface area contributed by atoms with Crippen molar-refractivity contribution in [1.82, 2.24) is 0 Å². The van der Waals surface area contributed by atoms with E-state index in [1.54, 1.807) is 7.11 Å². The van der Waals surface area contributed by atoms with Crippen molar-refractivity contribution in [3.05, 3.63) is 27.8 Å². The molecule has 0 unspecified atom stereocenters. The average Bonchev–Trinajstić information content (AvgIpc) is 2.94. The molecule has 1 fully saturated rings. The van der Waals surface area contributed by atoms with Gasteiger partial charge in [-0.25, -0.2) is 0 Å². The molecule has 0 aliphatic heterocycles. The topological polar surface area (TPSA) is 35.2 Å². The van der Waals surface area contributed by atoms with Crippen LogP contribution in [0.25, 0.3) is 0 Å². The van der Waals surface area contributed by atoms with Crippen molar-refractivity contribution in [2.45, 2.75) is 38.6 Å². The molecule has 0 heterocycles. The molecule has 0 aromatic heterocycles. The second-order valence-electron chi connectivity index (χ2n) is 4.84. The Labute approximate surface area is 102 Å². The average molecular weight is 240 g/mol. The molecule has 0 atom stereocenters. The Bertz CT molecular complexity index is 424. The highest BCUT2D eigenvalue weighted by molar-refractivity contribution is 6.31. The molecule has 1 aromatic carbocycles. The van der Waals surface area contributed by atoms with Gasteiger partial charge in [-0.3, -0.25) is 0 Å². The van der Waals surface area contributed by atoms with Crippen LogP contribution in [-0.4, -0.2) is 12.6 Å².